The van der Waals surface area contributed by atoms with Crippen molar-refractivity contribution in [1.82, 2.24) is 5.32 Å². The summed E-state index contributed by atoms with van der Waals surface area (Å²) in [4.78, 5) is 16.3. The van der Waals surface area contributed by atoms with Gasteiger partial charge in [-0.2, -0.15) is 13.2 Å². The number of fused-ring (bicyclic) bond motifs is 1. The molecule has 2 unspecified atom stereocenters. The van der Waals surface area contributed by atoms with E-state index in [1.165, 1.54) is 24.4 Å². The number of allylic oxidation sites excluding steroid dienone is 4. The number of carbonyl (C=O) groups is 1. The summed E-state index contributed by atoms with van der Waals surface area (Å²) in [5.41, 5.74) is -0.144. The van der Waals surface area contributed by atoms with E-state index in [9.17, 15) is 22.4 Å². The Hall–Kier alpha value is -2.70. The largest absolute Gasteiger partial charge is 0.413 e. The third kappa shape index (κ3) is 4.89. The number of aliphatic imine (C=N–C) groups is 1. The van der Waals surface area contributed by atoms with Crippen molar-refractivity contribution in [3.8, 4) is 0 Å². The summed E-state index contributed by atoms with van der Waals surface area (Å²) in [5.74, 6) is -1.04. The van der Waals surface area contributed by atoms with Crippen LogP contribution in [-0.2, 0) is 0 Å². The molecule has 3 rings (SSSR count). The summed E-state index contributed by atoms with van der Waals surface area (Å²) < 4.78 is 54.8. The lowest BCUT2D eigenvalue weighted by atomic mass is 9.76. The van der Waals surface area contributed by atoms with Crippen molar-refractivity contribution < 1.29 is 22.4 Å². The second-order valence-corrected chi connectivity index (χ2v) is 7.71. The number of rotatable bonds is 5. The Morgan fingerprint density at radius 1 is 1.20 bits per heavy atom. The molecule has 30 heavy (non-hydrogen) atoms. The highest BCUT2D eigenvalue weighted by Crippen LogP contribution is 2.50. The van der Waals surface area contributed by atoms with Crippen molar-refractivity contribution in [2.45, 2.75) is 45.2 Å². The molecule has 0 spiro atoms. The maximum Gasteiger partial charge on any atom is 0.413 e. The number of halogens is 4. The molecule has 1 aromatic carbocycles. The minimum absolute atomic E-state index is 0.0291. The molecule has 1 N–H and O–H groups in total. The van der Waals surface area contributed by atoms with Crippen LogP contribution in [0.2, 0.25) is 0 Å². The molecule has 0 aromatic heterocycles. The maximum absolute atomic E-state index is 13.7. The van der Waals surface area contributed by atoms with Crippen molar-refractivity contribution in [3.63, 3.8) is 0 Å². The highest BCUT2D eigenvalue weighted by Gasteiger charge is 2.44. The molecular formula is C23H24F4N2O. The Morgan fingerprint density at radius 3 is 2.50 bits per heavy atom. The van der Waals surface area contributed by atoms with Crippen LogP contribution in [0, 0.1) is 17.7 Å². The number of carbonyl (C=O) groups excluding carboxylic acids is 1. The van der Waals surface area contributed by atoms with Gasteiger partial charge in [0.15, 0.2) is 0 Å². The fourth-order valence-corrected chi connectivity index (χ4v) is 4.33. The maximum atomic E-state index is 13.7. The molecule has 0 saturated heterocycles. The second kappa shape index (κ2) is 8.98. The topological polar surface area (TPSA) is 41.5 Å². The Balaban J connectivity index is 1.78. The highest BCUT2D eigenvalue weighted by atomic mass is 19.4. The fourth-order valence-electron chi connectivity index (χ4n) is 4.33. The van der Waals surface area contributed by atoms with E-state index in [2.05, 4.69) is 16.9 Å². The minimum Gasteiger partial charge on any atom is -0.321 e. The molecule has 0 aliphatic heterocycles. The minimum atomic E-state index is -4.40. The first-order valence-corrected chi connectivity index (χ1v) is 9.95. The molecule has 1 saturated carbocycles. The van der Waals surface area contributed by atoms with E-state index < -0.39 is 23.5 Å². The van der Waals surface area contributed by atoms with Gasteiger partial charge in [0.1, 0.15) is 5.82 Å². The lowest BCUT2D eigenvalue weighted by molar-refractivity contribution is -0.0979. The number of nitrogens with zero attached hydrogens (tertiary/aromatic N) is 1. The van der Waals surface area contributed by atoms with Gasteiger partial charge in [0.25, 0.3) is 5.91 Å². The molecule has 0 bridgehead atoms. The zero-order chi connectivity index (χ0) is 21.9. The predicted molar refractivity (Wildman–Crippen MR) is 108 cm³/mol. The van der Waals surface area contributed by atoms with Crippen LogP contribution in [0.4, 0.5) is 17.6 Å². The summed E-state index contributed by atoms with van der Waals surface area (Å²) >= 11 is 0. The second-order valence-electron chi connectivity index (χ2n) is 7.71. The first kappa shape index (κ1) is 22.0. The zero-order valence-electron chi connectivity index (χ0n) is 16.7. The summed E-state index contributed by atoms with van der Waals surface area (Å²) in [6, 6.07) is 5.48. The number of nitrogens with one attached hydrogen (secondary N) is 1. The first-order chi connectivity index (χ1) is 14.2. The predicted octanol–water partition coefficient (Wildman–Crippen LogP) is 6.11. The van der Waals surface area contributed by atoms with E-state index >= 15 is 0 Å². The lowest BCUT2D eigenvalue weighted by Crippen LogP contribution is -2.26. The normalized spacial score (nSPS) is 22.4. The van der Waals surface area contributed by atoms with Gasteiger partial charge >= 0.3 is 6.18 Å². The Morgan fingerprint density at radius 2 is 1.87 bits per heavy atom. The first-order valence-electron chi connectivity index (χ1n) is 9.95. The van der Waals surface area contributed by atoms with E-state index in [1.54, 1.807) is 13.0 Å². The number of hydrogen-bond acceptors (Lipinski definition) is 2. The third-order valence-electron chi connectivity index (χ3n) is 5.79. The highest BCUT2D eigenvalue weighted by molar-refractivity contribution is 5.98. The van der Waals surface area contributed by atoms with Gasteiger partial charge in [-0.15, -0.1) is 0 Å². The van der Waals surface area contributed by atoms with Gasteiger partial charge in [0.2, 0.25) is 0 Å². The van der Waals surface area contributed by atoms with Gasteiger partial charge in [-0.3, -0.25) is 9.79 Å². The van der Waals surface area contributed by atoms with E-state index in [4.69, 9.17) is 0 Å². The fraction of sp³-hybridized carbons (Fsp3) is 0.391. The average Bonchev–Trinajstić information content (AvgIpc) is 3.15. The molecule has 1 fully saturated rings. The number of amides is 1. The lowest BCUT2D eigenvalue weighted by Gasteiger charge is -2.31. The van der Waals surface area contributed by atoms with Crippen molar-refractivity contribution >= 4 is 12.1 Å². The molecule has 7 heteroatoms. The molecule has 1 aromatic rings. The number of hydrogen-bond donors (Lipinski definition) is 1. The summed E-state index contributed by atoms with van der Waals surface area (Å²) in [5, 5.41) is 2.41. The van der Waals surface area contributed by atoms with Gasteiger partial charge in [-0.1, -0.05) is 31.2 Å². The molecule has 3 nitrogen and oxygen atoms in total. The van der Waals surface area contributed by atoms with E-state index in [0.717, 1.165) is 25.3 Å². The number of benzene rings is 1. The Bertz CT molecular complexity index is 927. The Labute approximate surface area is 173 Å². The summed E-state index contributed by atoms with van der Waals surface area (Å²) in [6.07, 6.45) is 1.46. The van der Waals surface area contributed by atoms with E-state index in [0.29, 0.717) is 6.42 Å². The van der Waals surface area contributed by atoms with Crippen LogP contribution in [0.5, 0.6) is 0 Å². The standard InChI is InChI=1S/C23H24F4N2O/c1-3-21(18-11-15-7-6-8-16(15)12-19(18)23(25,26)27)28-13-14(2)29-22(30)17-9-4-5-10-20(17)24/h3-5,9-10,13,15-16H,2,6-8,11-12H2,1H3,(H,29,30)/b21-3-,28-13?. The third-order valence-corrected chi connectivity index (χ3v) is 5.79. The monoisotopic (exact) mass is 420 g/mol. The van der Waals surface area contributed by atoms with Crippen LogP contribution in [0.1, 0.15) is 49.4 Å². The van der Waals surface area contributed by atoms with E-state index in [-0.39, 0.29) is 40.8 Å². The SMILES string of the molecule is C=C(C=N/C(=C\C)C1=C(C(F)(F)F)CC2CCCC2C1)NC(=O)c1ccccc1F. The van der Waals surface area contributed by atoms with Crippen LogP contribution < -0.4 is 5.32 Å². The molecule has 2 aliphatic rings. The van der Waals surface area contributed by atoms with Gasteiger partial charge in [-0.05, 0) is 62.1 Å². The average molecular weight is 420 g/mol. The summed E-state index contributed by atoms with van der Waals surface area (Å²) in [6.45, 7) is 5.29. The van der Waals surface area contributed by atoms with Gasteiger partial charge in [-0.25, -0.2) is 4.39 Å². The van der Waals surface area contributed by atoms with E-state index in [1.807, 2.05) is 0 Å². The van der Waals surface area contributed by atoms with Gasteiger partial charge in [0, 0.05) is 5.57 Å². The van der Waals surface area contributed by atoms with Crippen LogP contribution in [0.15, 0.2) is 64.5 Å². The van der Waals surface area contributed by atoms with Gasteiger partial charge < -0.3 is 5.32 Å². The Kier molecular flexibility index (Phi) is 6.58. The molecule has 2 aliphatic carbocycles. The van der Waals surface area contributed by atoms with Crippen molar-refractivity contribution in [3.05, 3.63) is 70.8 Å². The molecule has 0 radical (unpaired) electrons. The van der Waals surface area contributed by atoms with Gasteiger partial charge in [0.05, 0.1) is 23.2 Å². The smallest absolute Gasteiger partial charge is 0.321 e. The molecule has 2 atom stereocenters. The molecule has 0 heterocycles. The van der Waals surface area contributed by atoms with Crippen LogP contribution in [-0.4, -0.2) is 18.3 Å². The van der Waals surface area contributed by atoms with Crippen molar-refractivity contribution in [1.29, 1.82) is 0 Å². The molecule has 1 amide bonds. The molecular weight excluding hydrogens is 396 g/mol. The summed E-state index contributed by atoms with van der Waals surface area (Å²) in [7, 11) is 0. The van der Waals surface area contributed by atoms with Crippen LogP contribution in [0.3, 0.4) is 0 Å². The number of alkyl halides is 3. The molecule has 160 valence electrons. The quantitative estimate of drug-likeness (QED) is 0.453. The van der Waals surface area contributed by atoms with Crippen LogP contribution >= 0.6 is 0 Å². The zero-order valence-corrected chi connectivity index (χ0v) is 16.7. The van der Waals surface area contributed by atoms with Crippen molar-refractivity contribution in [2.75, 3.05) is 0 Å². The van der Waals surface area contributed by atoms with Crippen LogP contribution in [0.25, 0.3) is 0 Å². The van der Waals surface area contributed by atoms with Crippen molar-refractivity contribution in [2.24, 2.45) is 16.8 Å².